The average molecular weight is 540 g/mol. The third kappa shape index (κ3) is 22.3. The van der Waals surface area contributed by atoms with E-state index >= 15 is 0 Å². The molecule has 0 rings (SSSR count). The normalized spacial score (nSPS) is 13.4. The molecular formula is C21H42NNaO7S3. The summed E-state index contributed by atoms with van der Waals surface area (Å²) in [5.41, 5.74) is 4.71. The first-order chi connectivity index (χ1) is 14.9. The Hall–Kier alpha value is 0.0900. The number of carbonyl (C=O) groups is 2. The van der Waals surface area contributed by atoms with Crippen LogP contribution in [0.25, 0.3) is 0 Å². The predicted molar refractivity (Wildman–Crippen MR) is 141 cm³/mol. The fourth-order valence-corrected chi connectivity index (χ4v) is 3.48. The average Bonchev–Trinajstić information content (AvgIpc) is 2.70. The van der Waals surface area contributed by atoms with Crippen LogP contribution in [0.4, 0.5) is 0 Å². The summed E-state index contributed by atoms with van der Waals surface area (Å²) in [4.78, 5) is 24.2. The van der Waals surface area contributed by atoms with Crippen molar-refractivity contribution in [3.8, 4) is 0 Å². The van der Waals surface area contributed by atoms with E-state index in [1.54, 1.807) is 0 Å². The number of esters is 2. The van der Waals surface area contributed by atoms with Gasteiger partial charge < -0.3 is 15.2 Å². The van der Waals surface area contributed by atoms with Crippen LogP contribution in [-0.4, -0.2) is 77.3 Å². The van der Waals surface area contributed by atoms with E-state index in [0.29, 0.717) is 0 Å². The van der Waals surface area contributed by atoms with Crippen LogP contribution in [-0.2, 0) is 29.2 Å². The third-order valence-corrected chi connectivity index (χ3v) is 6.08. The minimum atomic E-state index is -4.76. The van der Waals surface area contributed by atoms with Crippen LogP contribution in [0.15, 0.2) is 0 Å². The van der Waals surface area contributed by atoms with Gasteiger partial charge in [-0.2, -0.15) is 8.42 Å². The van der Waals surface area contributed by atoms with Crippen LogP contribution in [0.5, 0.6) is 0 Å². The Labute approximate surface area is 232 Å². The molecule has 192 valence electrons. The van der Waals surface area contributed by atoms with Gasteiger partial charge in [0, 0.05) is 0 Å². The Morgan fingerprint density at radius 1 is 0.970 bits per heavy atom. The van der Waals surface area contributed by atoms with Crippen molar-refractivity contribution in [2.24, 2.45) is 17.6 Å². The van der Waals surface area contributed by atoms with Gasteiger partial charge in [-0.25, -0.2) is 0 Å². The standard InChI is InChI=1S/C20H38O7S.CH3NS2.Na.H/c1-5-9-11-16(7-3)14-26-19(21)13-18(28(23,24)25)20(22)27-15-17(8-4)12-10-6-2;2-1(3)4;;/h16-18H,5-15H2,1-4H3,(H,23,24,25);(H3,2,3,4);;. The van der Waals surface area contributed by atoms with Gasteiger partial charge in [-0.1, -0.05) is 78.4 Å². The number of hydrogen-bond acceptors (Lipinski definition) is 7. The number of carbonyl (C=O) groups excluding carboxylic acids is 2. The van der Waals surface area contributed by atoms with Gasteiger partial charge in [-0.05, 0) is 24.7 Å². The molecule has 33 heavy (non-hydrogen) atoms. The van der Waals surface area contributed by atoms with Crippen LogP contribution in [0.2, 0.25) is 0 Å². The van der Waals surface area contributed by atoms with Gasteiger partial charge >= 0.3 is 41.5 Å². The predicted octanol–water partition coefficient (Wildman–Crippen LogP) is 3.66. The molecule has 3 unspecified atom stereocenters. The summed E-state index contributed by atoms with van der Waals surface area (Å²) in [6.45, 7) is 8.35. The number of unbranched alkanes of at least 4 members (excludes halogenated alkanes) is 2. The van der Waals surface area contributed by atoms with Crippen molar-refractivity contribution in [1.82, 2.24) is 0 Å². The van der Waals surface area contributed by atoms with Gasteiger partial charge in [0.25, 0.3) is 10.1 Å². The van der Waals surface area contributed by atoms with Crippen LogP contribution in [0.3, 0.4) is 0 Å². The monoisotopic (exact) mass is 539 g/mol. The summed E-state index contributed by atoms with van der Waals surface area (Å²) in [5, 5.41) is -1.95. The van der Waals surface area contributed by atoms with Crippen LogP contribution in [0, 0.1) is 11.8 Å². The van der Waals surface area contributed by atoms with Gasteiger partial charge in [0.1, 0.15) is 4.32 Å². The van der Waals surface area contributed by atoms with Crippen LogP contribution in [0.1, 0.15) is 85.5 Å². The molecule has 3 N–H and O–H groups in total. The molecule has 0 aromatic carbocycles. The zero-order chi connectivity index (χ0) is 25.2. The van der Waals surface area contributed by atoms with E-state index in [0.717, 1.165) is 51.4 Å². The molecule has 3 atom stereocenters. The first-order valence-corrected chi connectivity index (χ1v) is 13.5. The molecule has 0 bridgehead atoms. The summed E-state index contributed by atoms with van der Waals surface area (Å²) in [5.74, 6) is -1.61. The molecule has 8 nitrogen and oxygen atoms in total. The van der Waals surface area contributed by atoms with Gasteiger partial charge in [0.05, 0.1) is 19.6 Å². The molecule has 0 aliphatic heterocycles. The molecule has 0 heterocycles. The van der Waals surface area contributed by atoms with E-state index in [1.165, 1.54) is 0 Å². The van der Waals surface area contributed by atoms with Crippen molar-refractivity contribution >= 4 is 80.8 Å². The van der Waals surface area contributed by atoms with E-state index in [2.05, 4.69) is 38.7 Å². The van der Waals surface area contributed by atoms with E-state index in [9.17, 15) is 22.6 Å². The Morgan fingerprint density at radius 3 is 1.70 bits per heavy atom. The van der Waals surface area contributed by atoms with Gasteiger partial charge in [-0.15, -0.1) is 12.6 Å². The molecule has 0 aliphatic rings. The first kappa shape index (κ1) is 37.6. The molecule has 0 fully saturated rings. The SMILES string of the molecule is CCCCC(CC)COC(=O)CC(C(=O)OCC(CC)CCCC)S(=O)(=O)O.NC(=S)S.[NaH]. The number of thiocarbonyl (C=S) groups is 1. The quantitative estimate of drug-likeness (QED) is 0.0883. The summed E-state index contributed by atoms with van der Waals surface area (Å²) in [7, 11) is -4.76. The topological polar surface area (TPSA) is 133 Å². The molecule has 12 heteroatoms. The molecule has 0 spiro atoms. The van der Waals surface area contributed by atoms with Crippen molar-refractivity contribution in [3.63, 3.8) is 0 Å². The van der Waals surface area contributed by atoms with Gasteiger partial charge in [-0.3, -0.25) is 14.1 Å². The van der Waals surface area contributed by atoms with Crippen molar-refractivity contribution in [2.45, 2.75) is 90.7 Å². The zero-order valence-electron chi connectivity index (χ0n) is 19.7. The number of thiol groups is 1. The second-order valence-corrected chi connectivity index (χ2v) is 10.5. The molecule has 0 aliphatic carbocycles. The second kappa shape index (κ2) is 22.5. The Kier molecular flexibility index (Phi) is 25.7. The van der Waals surface area contributed by atoms with Gasteiger partial charge in [0.15, 0.2) is 5.25 Å². The van der Waals surface area contributed by atoms with Crippen molar-refractivity contribution in [2.75, 3.05) is 13.2 Å². The number of rotatable bonds is 16. The van der Waals surface area contributed by atoms with Gasteiger partial charge in [0.2, 0.25) is 0 Å². The van der Waals surface area contributed by atoms with Crippen LogP contribution < -0.4 is 5.73 Å². The molecule has 0 saturated heterocycles. The molecular weight excluding hydrogens is 497 g/mol. The molecule has 0 aromatic heterocycles. The zero-order valence-corrected chi connectivity index (χ0v) is 22.3. The van der Waals surface area contributed by atoms with E-state index < -0.39 is 33.7 Å². The summed E-state index contributed by atoms with van der Waals surface area (Å²) in [6, 6.07) is 0. The summed E-state index contributed by atoms with van der Waals surface area (Å²) in [6.07, 6.45) is 6.74. The van der Waals surface area contributed by atoms with Crippen LogP contribution >= 0.6 is 24.8 Å². The summed E-state index contributed by atoms with van der Waals surface area (Å²) >= 11 is 7.65. The fourth-order valence-electron chi connectivity index (χ4n) is 2.82. The Morgan fingerprint density at radius 2 is 1.36 bits per heavy atom. The fraction of sp³-hybridized carbons (Fsp3) is 0.857. The molecule has 0 amide bonds. The Balaban J connectivity index is -0.00000165. The van der Waals surface area contributed by atoms with E-state index in [4.69, 9.17) is 15.2 Å². The van der Waals surface area contributed by atoms with Crippen molar-refractivity contribution in [3.05, 3.63) is 0 Å². The Bertz CT molecular complexity index is 644. The minimum absolute atomic E-state index is 0. The number of hydrogen-bond donors (Lipinski definition) is 3. The van der Waals surface area contributed by atoms with Crippen molar-refractivity contribution < 1.29 is 32.0 Å². The summed E-state index contributed by atoms with van der Waals surface area (Å²) < 4.78 is 43.0. The third-order valence-electron chi connectivity index (χ3n) is 5.00. The number of nitrogens with two attached hydrogens (primary N) is 1. The molecule has 0 aromatic rings. The number of ether oxygens (including phenoxy) is 2. The maximum atomic E-state index is 12.2. The van der Waals surface area contributed by atoms with Crippen molar-refractivity contribution in [1.29, 1.82) is 0 Å². The molecule has 0 saturated carbocycles. The first-order valence-electron chi connectivity index (χ1n) is 11.2. The van der Waals surface area contributed by atoms with E-state index in [1.807, 2.05) is 13.8 Å². The van der Waals surface area contributed by atoms with E-state index in [-0.39, 0.29) is 58.9 Å². The molecule has 0 radical (unpaired) electrons. The second-order valence-electron chi connectivity index (χ2n) is 7.69. The maximum absolute atomic E-state index is 12.2.